The maximum atomic E-state index is 13.0. The van der Waals surface area contributed by atoms with E-state index in [2.05, 4.69) is 37.4 Å². The largest absolute Gasteiger partial charge is 0.376 e. The minimum Gasteiger partial charge on any atom is -0.376 e. The lowest BCUT2D eigenvalue weighted by Crippen LogP contribution is -2.36. The van der Waals surface area contributed by atoms with Gasteiger partial charge in [0.2, 0.25) is 0 Å². The molecule has 1 aromatic heterocycles. The van der Waals surface area contributed by atoms with Crippen molar-refractivity contribution in [1.82, 2.24) is 4.90 Å². The minimum atomic E-state index is 0.0919. The molecule has 0 bridgehead atoms. The van der Waals surface area contributed by atoms with Crippen molar-refractivity contribution in [3.63, 3.8) is 0 Å². The lowest BCUT2D eigenvalue weighted by Gasteiger charge is -2.25. The van der Waals surface area contributed by atoms with Crippen molar-refractivity contribution < 1.29 is 9.53 Å². The Morgan fingerprint density at radius 1 is 1.29 bits per heavy atom. The summed E-state index contributed by atoms with van der Waals surface area (Å²) in [7, 11) is 0. The second-order valence-corrected chi connectivity index (χ2v) is 7.71. The first-order chi connectivity index (χ1) is 11.6. The van der Waals surface area contributed by atoms with Crippen molar-refractivity contribution in [3.8, 4) is 0 Å². The summed E-state index contributed by atoms with van der Waals surface area (Å²) in [5.74, 6) is 0.567. The van der Waals surface area contributed by atoms with Crippen LogP contribution in [0.2, 0.25) is 0 Å². The average Bonchev–Trinajstić information content (AvgIpc) is 3.27. The highest BCUT2D eigenvalue weighted by Gasteiger charge is 2.24. The van der Waals surface area contributed by atoms with Gasteiger partial charge in [-0.25, -0.2) is 0 Å². The quantitative estimate of drug-likeness (QED) is 0.761. The van der Waals surface area contributed by atoms with E-state index in [0.29, 0.717) is 19.0 Å². The van der Waals surface area contributed by atoms with Crippen molar-refractivity contribution in [2.24, 2.45) is 0 Å². The van der Waals surface area contributed by atoms with Crippen LogP contribution in [0.1, 0.15) is 53.4 Å². The standard InChI is InChI=1S/C20H25NO2S/c1-15(2)16-7-9-17(10-8-16)20(22)21(13-18-5-3-11-23-18)14-19-6-4-12-24-19/h4,6-10,12,15,18H,3,5,11,13-14H2,1-2H3. The molecule has 1 aromatic carbocycles. The van der Waals surface area contributed by atoms with E-state index in [0.717, 1.165) is 25.0 Å². The molecule has 1 aliphatic heterocycles. The van der Waals surface area contributed by atoms with Crippen LogP contribution in [0.15, 0.2) is 41.8 Å². The Labute approximate surface area is 148 Å². The third-order valence-electron chi connectivity index (χ3n) is 4.49. The van der Waals surface area contributed by atoms with Gasteiger partial charge in [0.05, 0.1) is 12.6 Å². The molecule has 1 unspecified atom stereocenters. The third kappa shape index (κ3) is 4.25. The summed E-state index contributed by atoms with van der Waals surface area (Å²) in [6.07, 6.45) is 2.30. The van der Waals surface area contributed by atoms with Crippen molar-refractivity contribution in [1.29, 1.82) is 0 Å². The fourth-order valence-electron chi connectivity index (χ4n) is 3.04. The van der Waals surface area contributed by atoms with Crippen LogP contribution < -0.4 is 0 Å². The van der Waals surface area contributed by atoms with Crippen LogP contribution in [-0.4, -0.2) is 30.1 Å². The van der Waals surface area contributed by atoms with E-state index in [1.807, 2.05) is 23.1 Å². The van der Waals surface area contributed by atoms with Gasteiger partial charge < -0.3 is 9.64 Å². The second kappa shape index (κ2) is 7.95. The zero-order valence-electron chi connectivity index (χ0n) is 14.4. The first-order valence-corrected chi connectivity index (χ1v) is 9.54. The van der Waals surface area contributed by atoms with Crippen LogP contribution in [0.25, 0.3) is 0 Å². The van der Waals surface area contributed by atoms with Crippen molar-refractivity contribution in [3.05, 3.63) is 57.8 Å². The molecule has 1 saturated heterocycles. The zero-order chi connectivity index (χ0) is 16.9. The number of rotatable bonds is 6. The molecule has 2 heterocycles. The summed E-state index contributed by atoms with van der Waals surface area (Å²) >= 11 is 1.69. The molecule has 24 heavy (non-hydrogen) atoms. The van der Waals surface area contributed by atoms with Crippen LogP contribution in [0.4, 0.5) is 0 Å². The Morgan fingerprint density at radius 2 is 2.08 bits per heavy atom. The number of hydrogen-bond donors (Lipinski definition) is 0. The maximum Gasteiger partial charge on any atom is 0.254 e. The van der Waals surface area contributed by atoms with Gasteiger partial charge >= 0.3 is 0 Å². The van der Waals surface area contributed by atoms with E-state index < -0.39 is 0 Å². The summed E-state index contributed by atoms with van der Waals surface area (Å²) in [6, 6.07) is 12.2. The fourth-order valence-corrected chi connectivity index (χ4v) is 3.76. The van der Waals surface area contributed by atoms with Crippen molar-refractivity contribution in [2.45, 2.75) is 45.3 Å². The summed E-state index contributed by atoms with van der Waals surface area (Å²) in [6.45, 7) is 6.47. The maximum absolute atomic E-state index is 13.0. The SMILES string of the molecule is CC(C)c1ccc(C(=O)N(Cc2cccs2)CC2CCCO2)cc1. The normalized spacial score (nSPS) is 17.4. The highest BCUT2D eigenvalue weighted by molar-refractivity contribution is 7.09. The number of thiophene rings is 1. The van der Waals surface area contributed by atoms with Crippen LogP contribution in [0.5, 0.6) is 0 Å². The molecule has 128 valence electrons. The van der Waals surface area contributed by atoms with Crippen LogP contribution >= 0.6 is 11.3 Å². The summed E-state index contributed by atoms with van der Waals surface area (Å²) in [5.41, 5.74) is 2.02. The fraction of sp³-hybridized carbons (Fsp3) is 0.450. The van der Waals surface area contributed by atoms with Gasteiger partial charge in [-0.05, 0) is 47.9 Å². The summed E-state index contributed by atoms with van der Waals surface area (Å²) < 4.78 is 5.75. The first kappa shape index (κ1) is 17.2. The number of carbonyl (C=O) groups excluding carboxylic acids is 1. The predicted octanol–water partition coefficient (Wildman–Crippen LogP) is 4.69. The smallest absolute Gasteiger partial charge is 0.254 e. The first-order valence-electron chi connectivity index (χ1n) is 8.66. The van der Waals surface area contributed by atoms with Gasteiger partial charge in [-0.3, -0.25) is 4.79 Å². The molecule has 2 aromatic rings. The third-order valence-corrected chi connectivity index (χ3v) is 5.35. The minimum absolute atomic E-state index is 0.0919. The number of benzene rings is 1. The molecule has 0 radical (unpaired) electrons. The Balaban J connectivity index is 1.76. The summed E-state index contributed by atoms with van der Waals surface area (Å²) in [5, 5.41) is 2.06. The number of nitrogens with zero attached hydrogens (tertiary/aromatic N) is 1. The van der Waals surface area contributed by atoms with E-state index in [1.165, 1.54) is 10.4 Å². The van der Waals surface area contributed by atoms with Gasteiger partial charge in [0, 0.05) is 23.6 Å². The van der Waals surface area contributed by atoms with Gasteiger partial charge in [-0.15, -0.1) is 11.3 Å². The lowest BCUT2D eigenvalue weighted by molar-refractivity contribution is 0.0509. The number of hydrogen-bond acceptors (Lipinski definition) is 3. The molecule has 0 saturated carbocycles. The molecule has 0 N–H and O–H groups in total. The molecular formula is C20H25NO2S. The van der Waals surface area contributed by atoms with Crippen LogP contribution in [0, 0.1) is 0 Å². The molecule has 3 nitrogen and oxygen atoms in total. The molecule has 1 aliphatic rings. The second-order valence-electron chi connectivity index (χ2n) is 6.68. The molecular weight excluding hydrogens is 318 g/mol. The Morgan fingerprint density at radius 3 is 2.67 bits per heavy atom. The molecule has 1 amide bonds. The van der Waals surface area contributed by atoms with E-state index in [-0.39, 0.29) is 12.0 Å². The zero-order valence-corrected chi connectivity index (χ0v) is 15.2. The van der Waals surface area contributed by atoms with E-state index in [4.69, 9.17) is 4.74 Å². The van der Waals surface area contributed by atoms with Crippen molar-refractivity contribution >= 4 is 17.2 Å². The summed E-state index contributed by atoms with van der Waals surface area (Å²) in [4.78, 5) is 16.2. The van der Waals surface area contributed by atoms with Crippen molar-refractivity contribution in [2.75, 3.05) is 13.2 Å². The van der Waals surface area contributed by atoms with E-state index in [9.17, 15) is 4.79 Å². The molecule has 0 spiro atoms. The van der Waals surface area contributed by atoms with Gasteiger partial charge in [0.15, 0.2) is 0 Å². The van der Waals surface area contributed by atoms with Gasteiger partial charge in [-0.1, -0.05) is 32.0 Å². The molecule has 0 aliphatic carbocycles. The van der Waals surface area contributed by atoms with Gasteiger partial charge in [-0.2, -0.15) is 0 Å². The van der Waals surface area contributed by atoms with E-state index in [1.54, 1.807) is 11.3 Å². The Bertz CT molecular complexity index is 643. The van der Waals surface area contributed by atoms with Crippen LogP contribution in [-0.2, 0) is 11.3 Å². The van der Waals surface area contributed by atoms with Crippen LogP contribution in [0.3, 0.4) is 0 Å². The Kier molecular flexibility index (Phi) is 5.69. The monoisotopic (exact) mass is 343 g/mol. The average molecular weight is 343 g/mol. The molecule has 3 rings (SSSR count). The highest BCUT2D eigenvalue weighted by Crippen LogP contribution is 2.20. The number of ether oxygens (including phenoxy) is 1. The Hall–Kier alpha value is -1.65. The topological polar surface area (TPSA) is 29.5 Å². The highest BCUT2D eigenvalue weighted by atomic mass is 32.1. The number of amides is 1. The number of carbonyl (C=O) groups is 1. The molecule has 1 fully saturated rings. The van der Waals surface area contributed by atoms with Gasteiger partial charge in [0.25, 0.3) is 5.91 Å². The molecule has 1 atom stereocenters. The lowest BCUT2D eigenvalue weighted by atomic mass is 10.0. The van der Waals surface area contributed by atoms with E-state index >= 15 is 0 Å². The van der Waals surface area contributed by atoms with Gasteiger partial charge in [0.1, 0.15) is 0 Å². The molecule has 4 heteroatoms. The predicted molar refractivity (Wildman–Crippen MR) is 98.6 cm³/mol.